The maximum absolute atomic E-state index is 11.7. The van der Waals surface area contributed by atoms with Gasteiger partial charge in [-0.3, -0.25) is 4.79 Å². The third-order valence-electron chi connectivity index (χ3n) is 3.43. The lowest BCUT2D eigenvalue weighted by Crippen LogP contribution is -2.54. The molecule has 1 unspecified atom stereocenters. The van der Waals surface area contributed by atoms with Crippen molar-refractivity contribution in [3.8, 4) is 0 Å². The van der Waals surface area contributed by atoms with Gasteiger partial charge in [-0.25, -0.2) is 0 Å². The first-order valence-electron chi connectivity index (χ1n) is 6.67. The molecule has 104 valence electrons. The molecule has 0 aliphatic carbocycles. The molecule has 1 atom stereocenters. The highest BCUT2D eigenvalue weighted by Gasteiger charge is 2.25. The number of halogens is 1. The van der Waals surface area contributed by atoms with Crippen LogP contribution < -0.4 is 15.5 Å². The van der Waals surface area contributed by atoms with Crippen molar-refractivity contribution in [1.82, 2.24) is 10.6 Å². The minimum atomic E-state index is -0.149. The second-order valence-corrected chi connectivity index (χ2v) is 5.12. The Kier molecular flexibility index (Phi) is 4.66. The zero-order valence-electron chi connectivity index (χ0n) is 11.4. The average Bonchev–Trinajstić information content (AvgIpc) is 2.40. The van der Waals surface area contributed by atoms with Gasteiger partial charge in [-0.1, -0.05) is 24.6 Å². The number of rotatable bonds is 4. The number of benzene rings is 1. The molecule has 1 saturated heterocycles. The number of hydrogen-bond acceptors (Lipinski definition) is 3. The molecule has 0 bridgehead atoms. The number of hydrogen-bond donors (Lipinski definition) is 2. The fraction of sp³-hybridized carbons (Fsp3) is 0.500. The molecule has 1 fully saturated rings. The van der Waals surface area contributed by atoms with Gasteiger partial charge in [0.05, 0.1) is 0 Å². The van der Waals surface area contributed by atoms with E-state index in [1.54, 1.807) is 0 Å². The SMILES string of the molecule is CCNCc1ccc(N2CCNC(=O)C2C)cc1Cl. The second kappa shape index (κ2) is 6.26. The lowest BCUT2D eigenvalue weighted by Gasteiger charge is -2.34. The highest BCUT2D eigenvalue weighted by molar-refractivity contribution is 6.31. The number of nitrogens with zero attached hydrogens (tertiary/aromatic N) is 1. The quantitative estimate of drug-likeness (QED) is 0.884. The molecule has 2 N–H and O–H groups in total. The van der Waals surface area contributed by atoms with Crippen LogP contribution in [0.2, 0.25) is 5.02 Å². The lowest BCUT2D eigenvalue weighted by atomic mass is 10.1. The van der Waals surface area contributed by atoms with Crippen molar-refractivity contribution in [1.29, 1.82) is 0 Å². The number of carbonyl (C=O) groups is 1. The predicted molar refractivity (Wildman–Crippen MR) is 78.7 cm³/mol. The minimum Gasteiger partial charge on any atom is -0.358 e. The van der Waals surface area contributed by atoms with Crippen LogP contribution in [0, 0.1) is 0 Å². The summed E-state index contributed by atoms with van der Waals surface area (Å²) >= 11 is 6.30. The Labute approximate surface area is 119 Å². The summed E-state index contributed by atoms with van der Waals surface area (Å²) in [6.07, 6.45) is 0. The topological polar surface area (TPSA) is 44.4 Å². The lowest BCUT2D eigenvalue weighted by molar-refractivity contribution is -0.122. The maximum atomic E-state index is 11.7. The van der Waals surface area contributed by atoms with E-state index < -0.39 is 0 Å². The highest BCUT2D eigenvalue weighted by Crippen LogP contribution is 2.25. The largest absolute Gasteiger partial charge is 0.358 e. The molecule has 0 aromatic heterocycles. The summed E-state index contributed by atoms with van der Waals surface area (Å²) in [4.78, 5) is 13.8. The molecule has 0 radical (unpaired) electrons. The number of piperazine rings is 1. The monoisotopic (exact) mass is 281 g/mol. The first-order valence-corrected chi connectivity index (χ1v) is 7.04. The van der Waals surface area contributed by atoms with Gasteiger partial charge in [0.25, 0.3) is 0 Å². The van der Waals surface area contributed by atoms with Gasteiger partial charge in [0.1, 0.15) is 6.04 Å². The Balaban J connectivity index is 2.16. The molecule has 1 aliphatic rings. The third kappa shape index (κ3) is 3.19. The first kappa shape index (κ1) is 14.2. The standard InChI is InChI=1S/C14H20ClN3O/c1-3-16-9-11-4-5-12(8-13(11)15)18-7-6-17-14(19)10(18)2/h4-5,8,10,16H,3,6-7,9H2,1-2H3,(H,17,19). The highest BCUT2D eigenvalue weighted by atomic mass is 35.5. The molecule has 5 heteroatoms. The van der Waals surface area contributed by atoms with E-state index >= 15 is 0 Å². The number of amides is 1. The molecule has 1 aliphatic heterocycles. The molecular weight excluding hydrogens is 262 g/mol. The van der Waals surface area contributed by atoms with Gasteiger partial charge in [0.2, 0.25) is 5.91 Å². The molecule has 19 heavy (non-hydrogen) atoms. The molecule has 1 aromatic carbocycles. The fourth-order valence-electron chi connectivity index (χ4n) is 2.25. The molecule has 4 nitrogen and oxygen atoms in total. The van der Waals surface area contributed by atoms with E-state index in [4.69, 9.17) is 11.6 Å². The van der Waals surface area contributed by atoms with Crippen molar-refractivity contribution in [3.63, 3.8) is 0 Å². The fourth-order valence-corrected chi connectivity index (χ4v) is 2.49. The Morgan fingerprint density at radius 1 is 1.53 bits per heavy atom. The van der Waals surface area contributed by atoms with Crippen LogP contribution in [0.25, 0.3) is 0 Å². The summed E-state index contributed by atoms with van der Waals surface area (Å²) in [7, 11) is 0. The van der Waals surface area contributed by atoms with E-state index in [-0.39, 0.29) is 11.9 Å². The van der Waals surface area contributed by atoms with Crippen molar-refractivity contribution in [2.24, 2.45) is 0 Å². The Morgan fingerprint density at radius 2 is 2.32 bits per heavy atom. The van der Waals surface area contributed by atoms with Gasteiger partial charge in [-0.2, -0.15) is 0 Å². The van der Waals surface area contributed by atoms with Gasteiger partial charge in [-0.15, -0.1) is 0 Å². The third-order valence-corrected chi connectivity index (χ3v) is 3.78. The van der Waals surface area contributed by atoms with Crippen LogP contribution >= 0.6 is 11.6 Å². The Hall–Kier alpha value is -1.26. The van der Waals surface area contributed by atoms with Crippen LogP contribution in [0.4, 0.5) is 5.69 Å². The van der Waals surface area contributed by atoms with Crippen molar-refractivity contribution in [2.75, 3.05) is 24.5 Å². The van der Waals surface area contributed by atoms with Gasteiger partial charge >= 0.3 is 0 Å². The minimum absolute atomic E-state index is 0.0686. The van der Waals surface area contributed by atoms with E-state index in [2.05, 4.69) is 22.5 Å². The van der Waals surface area contributed by atoms with Crippen molar-refractivity contribution in [2.45, 2.75) is 26.4 Å². The number of nitrogens with one attached hydrogen (secondary N) is 2. The van der Waals surface area contributed by atoms with Crippen LogP contribution in [-0.4, -0.2) is 31.6 Å². The molecule has 1 aromatic rings. The van der Waals surface area contributed by atoms with Crippen LogP contribution in [0.5, 0.6) is 0 Å². The summed E-state index contributed by atoms with van der Waals surface area (Å²) < 4.78 is 0. The van der Waals surface area contributed by atoms with Crippen molar-refractivity contribution < 1.29 is 4.79 Å². The van der Waals surface area contributed by atoms with Crippen LogP contribution in [0.15, 0.2) is 18.2 Å². The molecule has 0 spiro atoms. The summed E-state index contributed by atoms with van der Waals surface area (Å²) in [5.41, 5.74) is 2.09. The first-order chi connectivity index (χ1) is 9.13. The smallest absolute Gasteiger partial charge is 0.242 e. The normalized spacial score (nSPS) is 19.4. The molecular formula is C14H20ClN3O. The van der Waals surface area contributed by atoms with E-state index in [0.29, 0.717) is 6.54 Å². The van der Waals surface area contributed by atoms with Crippen LogP contribution in [0.1, 0.15) is 19.4 Å². The number of carbonyl (C=O) groups excluding carboxylic acids is 1. The summed E-state index contributed by atoms with van der Waals surface area (Å²) in [5, 5.41) is 6.87. The average molecular weight is 282 g/mol. The molecule has 2 rings (SSSR count). The molecule has 0 saturated carbocycles. The van der Waals surface area contributed by atoms with Gasteiger partial charge in [0.15, 0.2) is 0 Å². The van der Waals surface area contributed by atoms with Gasteiger partial charge in [-0.05, 0) is 31.2 Å². The zero-order valence-corrected chi connectivity index (χ0v) is 12.1. The molecule has 1 amide bonds. The van der Waals surface area contributed by atoms with Crippen LogP contribution in [0.3, 0.4) is 0 Å². The second-order valence-electron chi connectivity index (χ2n) is 4.72. The van der Waals surface area contributed by atoms with E-state index in [1.165, 1.54) is 0 Å². The van der Waals surface area contributed by atoms with Crippen LogP contribution in [-0.2, 0) is 11.3 Å². The van der Waals surface area contributed by atoms with Gasteiger partial charge in [0, 0.05) is 30.3 Å². The summed E-state index contributed by atoms with van der Waals surface area (Å²) in [5.74, 6) is 0.0686. The molecule has 1 heterocycles. The number of anilines is 1. The van der Waals surface area contributed by atoms with Crippen molar-refractivity contribution in [3.05, 3.63) is 28.8 Å². The Morgan fingerprint density at radius 3 is 3.00 bits per heavy atom. The predicted octanol–water partition coefficient (Wildman–Crippen LogP) is 1.77. The van der Waals surface area contributed by atoms with Gasteiger partial charge < -0.3 is 15.5 Å². The maximum Gasteiger partial charge on any atom is 0.242 e. The van der Waals surface area contributed by atoms with Crippen molar-refractivity contribution >= 4 is 23.2 Å². The van der Waals surface area contributed by atoms with E-state index in [1.807, 2.05) is 25.1 Å². The van der Waals surface area contributed by atoms with E-state index in [9.17, 15) is 4.79 Å². The zero-order chi connectivity index (χ0) is 13.8. The Bertz CT molecular complexity index is 464. The summed E-state index contributed by atoms with van der Waals surface area (Å²) in [6.45, 7) is 7.16. The van der Waals surface area contributed by atoms with E-state index in [0.717, 1.165) is 35.9 Å². The summed E-state index contributed by atoms with van der Waals surface area (Å²) in [6, 6.07) is 5.86.